The molecule has 13 nitrogen and oxygen atoms in total. The van der Waals surface area contributed by atoms with Crippen molar-refractivity contribution in [2.45, 2.75) is 12.8 Å². The van der Waals surface area contributed by atoms with Crippen molar-refractivity contribution in [3.8, 4) is 11.5 Å². The first-order valence-corrected chi connectivity index (χ1v) is 11.6. The van der Waals surface area contributed by atoms with Crippen molar-refractivity contribution in [1.82, 2.24) is 34.1 Å². The van der Waals surface area contributed by atoms with Gasteiger partial charge in [0.05, 0.1) is 0 Å². The minimum atomic E-state index is -1.39. The molecule has 38 heavy (non-hydrogen) atoms. The number of hydrogen-bond donors (Lipinski definition) is 4. The highest BCUT2D eigenvalue weighted by Gasteiger charge is 2.36. The summed E-state index contributed by atoms with van der Waals surface area (Å²) >= 11 is 0. The number of anilines is 2. The molecule has 0 unspecified atom stereocenters. The van der Waals surface area contributed by atoms with E-state index in [1.54, 1.807) is 15.2 Å². The van der Waals surface area contributed by atoms with Gasteiger partial charge in [-0.15, -0.1) is 0 Å². The van der Waals surface area contributed by atoms with Crippen molar-refractivity contribution >= 4 is 28.6 Å². The van der Waals surface area contributed by atoms with Gasteiger partial charge in [0.25, 0.3) is 11.7 Å². The molecular formula is C25H22N8O5. The molecule has 1 amide bonds. The Hall–Kier alpha value is -5.33. The monoisotopic (exact) mass is 514 g/mol. The summed E-state index contributed by atoms with van der Waals surface area (Å²) in [7, 11) is 0. The summed E-state index contributed by atoms with van der Waals surface area (Å²) < 4.78 is 9.42. The topological polar surface area (TPSA) is 163 Å². The molecule has 5 heterocycles. The summed E-state index contributed by atoms with van der Waals surface area (Å²) in [6, 6.07) is 11.2. The van der Waals surface area contributed by atoms with Crippen molar-refractivity contribution in [2.24, 2.45) is 0 Å². The first-order valence-electron chi connectivity index (χ1n) is 11.6. The molecule has 5 aromatic rings. The third kappa shape index (κ3) is 4.05. The second-order valence-corrected chi connectivity index (χ2v) is 8.88. The summed E-state index contributed by atoms with van der Waals surface area (Å²) in [6.07, 6.45) is 6.53. The Labute approximate surface area is 214 Å². The Kier molecular flexibility index (Phi) is 5.44. The Morgan fingerprint density at radius 3 is 2.55 bits per heavy atom. The number of carbonyl (C=O) groups is 1. The Morgan fingerprint density at radius 1 is 1.00 bits per heavy atom. The van der Waals surface area contributed by atoms with Crippen LogP contribution in [0.4, 0.5) is 11.5 Å². The number of nitrogens with one attached hydrogen (secondary N) is 1. The minimum absolute atomic E-state index is 0.0377. The molecule has 1 fully saturated rings. The van der Waals surface area contributed by atoms with Gasteiger partial charge in [-0.2, -0.15) is 10.2 Å². The van der Waals surface area contributed by atoms with E-state index in [1.807, 2.05) is 49.5 Å². The molecule has 0 saturated carbocycles. The van der Waals surface area contributed by atoms with Gasteiger partial charge in [0, 0.05) is 43.2 Å². The van der Waals surface area contributed by atoms with E-state index < -0.39 is 17.6 Å². The predicted octanol–water partition coefficient (Wildman–Crippen LogP) is 3.39. The highest BCUT2D eigenvalue weighted by Crippen LogP contribution is 2.35. The maximum Gasteiger partial charge on any atom is 0.324 e. The lowest BCUT2D eigenvalue weighted by atomic mass is 9.92. The molecule has 0 atom stereocenters. The maximum atomic E-state index is 12.1. The lowest BCUT2D eigenvalue weighted by Crippen LogP contribution is -2.49. The predicted molar refractivity (Wildman–Crippen MR) is 135 cm³/mol. The fourth-order valence-corrected chi connectivity index (χ4v) is 4.45. The fraction of sp³-hybridized carbons (Fsp3) is 0.160. The molecular weight excluding hydrogens is 492 g/mol. The number of ether oxygens (including phenoxy) is 1. The van der Waals surface area contributed by atoms with E-state index in [9.17, 15) is 9.90 Å². The quantitative estimate of drug-likeness (QED) is 0.195. The average Bonchev–Trinajstić information content (AvgIpc) is 3.52. The maximum absolute atomic E-state index is 12.1. The van der Waals surface area contributed by atoms with Crippen molar-refractivity contribution in [1.29, 1.82) is 0 Å². The van der Waals surface area contributed by atoms with Crippen LogP contribution >= 0.6 is 0 Å². The normalized spacial score (nSPS) is 13.4. The van der Waals surface area contributed by atoms with Crippen LogP contribution in [0, 0.1) is 6.92 Å². The number of aromatic nitrogens is 6. The third-order valence-electron chi connectivity index (χ3n) is 6.43. The number of aliphatic hydroxyl groups excluding tert-OH is 2. The van der Waals surface area contributed by atoms with Gasteiger partial charge in [0.1, 0.15) is 29.7 Å². The molecule has 4 aromatic heterocycles. The van der Waals surface area contributed by atoms with Crippen molar-refractivity contribution in [2.75, 3.05) is 18.4 Å². The molecule has 1 aliphatic rings. The summed E-state index contributed by atoms with van der Waals surface area (Å²) in [6.45, 7) is 2.55. The number of fused-ring (bicyclic) bond motifs is 2. The Morgan fingerprint density at radius 2 is 1.76 bits per heavy atom. The zero-order chi connectivity index (χ0) is 26.4. The van der Waals surface area contributed by atoms with Gasteiger partial charge >= 0.3 is 5.95 Å². The molecule has 1 aromatic carbocycles. The zero-order valence-corrected chi connectivity index (χ0v) is 20.1. The smallest absolute Gasteiger partial charge is 0.324 e. The van der Waals surface area contributed by atoms with Gasteiger partial charge in [-0.1, -0.05) is 0 Å². The average molecular weight is 515 g/mol. The molecule has 192 valence electrons. The van der Waals surface area contributed by atoms with Gasteiger partial charge in [-0.05, 0) is 48.4 Å². The second kappa shape index (κ2) is 8.96. The highest BCUT2D eigenvalue weighted by molar-refractivity contribution is 5.92. The van der Waals surface area contributed by atoms with Crippen molar-refractivity contribution in [3.05, 3.63) is 84.3 Å². The summed E-state index contributed by atoms with van der Waals surface area (Å²) in [5, 5.41) is 39.2. The van der Waals surface area contributed by atoms with Gasteiger partial charge in [0.2, 0.25) is 0 Å². The van der Waals surface area contributed by atoms with Crippen LogP contribution in [0.15, 0.2) is 73.2 Å². The largest absolute Gasteiger partial charge is 0.498 e. The van der Waals surface area contributed by atoms with Gasteiger partial charge in [-0.25, -0.2) is 19.0 Å². The highest BCUT2D eigenvalue weighted by atomic mass is 16.5. The van der Waals surface area contributed by atoms with E-state index in [-0.39, 0.29) is 5.92 Å². The number of aliphatic hydroxyl groups is 3. The van der Waals surface area contributed by atoms with E-state index in [0.29, 0.717) is 36.1 Å². The van der Waals surface area contributed by atoms with Crippen LogP contribution in [0.3, 0.4) is 0 Å². The SMILES string of the molecule is Cc1cc(Nc2ncnn3ccc(C4CN(C(=O)C(O)=C(O)O)C4)c23)ccc1Oc1ccn2ncnc2c1. The molecule has 4 N–H and O–H groups in total. The number of carbonyl (C=O) groups excluding carboxylic acids is 1. The van der Waals surface area contributed by atoms with E-state index in [0.717, 1.165) is 22.3 Å². The molecule has 0 bridgehead atoms. The summed E-state index contributed by atoms with van der Waals surface area (Å²) in [5.41, 5.74) is 4.08. The molecule has 0 spiro atoms. The molecule has 0 radical (unpaired) electrons. The van der Waals surface area contributed by atoms with Crippen molar-refractivity contribution in [3.63, 3.8) is 0 Å². The number of likely N-dealkylation sites (tertiary alicyclic amines) is 1. The van der Waals surface area contributed by atoms with Crippen LogP contribution in [-0.4, -0.2) is 68.4 Å². The van der Waals surface area contributed by atoms with Crippen LogP contribution in [-0.2, 0) is 4.79 Å². The van der Waals surface area contributed by atoms with Gasteiger partial charge in [0.15, 0.2) is 11.5 Å². The Balaban J connectivity index is 1.21. The van der Waals surface area contributed by atoms with Crippen LogP contribution in [0.1, 0.15) is 17.0 Å². The number of amides is 1. The van der Waals surface area contributed by atoms with E-state index >= 15 is 0 Å². The van der Waals surface area contributed by atoms with E-state index in [4.69, 9.17) is 14.9 Å². The molecule has 6 rings (SSSR count). The summed E-state index contributed by atoms with van der Waals surface area (Å²) in [5.74, 6) is -1.40. The standard InChI is InChI=1S/C25H22N8O5/c1-14-8-16(2-3-19(14)38-17-4-6-32-20(9-17)26-12-28-32)30-23-21-18(5-7-33(21)29-13-27-23)15-10-31(11-15)24(35)22(34)25(36)37/h2-9,12-13,15,34,36-37H,10-11H2,1H3,(H,27,29,30). The first kappa shape index (κ1) is 23.1. The van der Waals surface area contributed by atoms with Crippen LogP contribution in [0.25, 0.3) is 11.2 Å². The number of benzene rings is 1. The number of pyridine rings is 1. The number of hydrogen-bond acceptors (Lipinski definition) is 10. The number of rotatable bonds is 6. The fourth-order valence-electron chi connectivity index (χ4n) is 4.45. The Bertz CT molecular complexity index is 1720. The second-order valence-electron chi connectivity index (χ2n) is 8.88. The minimum Gasteiger partial charge on any atom is -0.498 e. The van der Waals surface area contributed by atoms with Crippen LogP contribution in [0.5, 0.6) is 11.5 Å². The van der Waals surface area contributed by atoms with E-state index in [2.05, 4.69) is 25.5 Å². The van der Waals surface area contributed by atoms with Crippen LogP contribution < -0.4 is 10.1 Å². The van der Waals surface area contributed by atoms with E-state index in [1.165, 1.54) is 17.6 Å². The molecule has 1 aliphatic heterocycles. The number of aryl methyl sites for hydroxylation is 1. The lowest BCUT2D eigenvalue weighted by molar-refractivity contribution is -0.135. The number of nitrogens with zero attached hydrogens (tertiary/aromatic N) is 7. The summed E-state index contributed by atoms with van der Waals surface area (Å²) in [4.78, 5) is 22.1. The first-order chi connectivity index (χ1) is 18.4. The van der Waals surface area contributed by atoms with Crippen LogP contribution in [0.2, 0.25) is 0 Å². The lowest BCUT2D eigenvalue weighted by Gasteiger charge is -2.38. The van der Waals surface area contributed by atoms with Gasteiger partial charge < -0.3 is 30.3 Å². The molecule has 13 heteroatoms. The zero-order valence-electron chi connectivity index (χ0n) is 20.1. The molecule has 0 aliphatic carbocycles. The van der Waals surface area contributed by atoms with Gasteiger partial charge in [-0.3, -0.25) is 4.79 Å². The van der Waals surface area contributed by atoms with Crippen molar-refractivity contribution < 1.29 is 24.9 Å². The molecule has 1 saturated heterocycles. The third-order valence-corrected chi connectivity index (χ3v) is 6.43.